The third kappa shape index (κ3) is 3.24. The Bertz CT molecular complexity index is 712. The number of ether oxygens (including phenoxy) is 1. The largest absolute Gasteiger partial charge is 0.390 e. The van der Waals surface area contributed by atoms with Crippen LogP contribution in [0.5, 0.6) is 0 Å². The Kier molecular flexibility index (Phi) is 4.39. The van der Waals surface area contributed by atoms with Crippen molar-refractivity contribution in [3.63, 3.8) is 0 Å². The first-order chi connectivity index (χ1) is 12.2. The molecule has 1 unspecified atom stereocenters. The number of halogens is 1. The van der Waals surface area contributed by atoms with Gasteiger partial charge < -0.3 is 14.7 Å². The summed E-state index contributed by atoms with van der Waals surface area (Å²) in [5.41, 5.74) is 1.19. The van der Waals surface area contributed by atoms with E-state index in [2.05, 4.69) is 15.1 Å². The van der Waals surface area contributed by atoms with Gasteiger partial charge in [-0.25, -0.2) is 4.39 Å². The fourth-order valence-corrected chi connectivity index (χ4v) is 3.77. The van der Waals surface area contributed by atoms with Crippen molar-refractivity contribution in [2.45, 2.75) is 37.4 Å². The lowest BCUT2D eigenvalue weighted by Gasteiger charge is -2.46. The molecule has 2 fully saturated rings. The van der Waals surface area contributed by atoms with Crippen LogP contribution in [0.15, 0.2) is 36.4 Å². The molecule has 4 rings (SSSR count). The van der Waals surface area contributed by atoms with Crippen LogP contribution in [0.25, 0.3) is 11.3 Å². The van der Waals surface area contributed by atoms with E-state index in [4.69, 9.17) is 4.74 Å². The highest BCUT2D eigenvalue weighted by Crippen LogP contribution is 2.36. The van der Waals surface area contributed by atoms with Crippen molar-refractivity contribution < 1.29 is 14.2 Å². The normalized spacial score (nSPS) is 23.0. The zero-order valence-electron chi connectivity index (χ0n) is 14.1. The van der Waals surface area contributed by atoms with E-state index in [9.17, 15) is 9.50 Å². The van der Waals surface area contributed by atoms with Gasteiger partial charge in [0.25, 0.3) is 0 Å². The molecule has 0 radical (unpaired) electrons. The van der Waals surface area contributed by atoms with Gasteiger partial charge >= 0.3 is 0 Å². The molecule has 0 amide bonds. The lowest BCUT2D eigenvalue weighted by Crippen LogP contribution is -2.55. The van der Waals surface area contributed by atoms with Gasteiger partial charge in [-0.3, -0.25) is 0 Å². The predicted octanol–water partition coefficient (Wildman–Crippen LogP) is 2.79. The standard InChI is InChI=1S/C19H22FN3O2/c20-15-5-3-14(4-6-15)16-7-8-18(22-21-16)23-11-9-19(10-12-23)17(24)2-1-13-25-19/h3-8,17,24H,1-2,9-13H2. The van der Waals surface area contributed by atoms with E-state index in [0.29, 0.717) is 0 Å². The number of piperidine rings is 1. The molecule has 0 saturated carbocycles. The molecule has 25 heavy (non-hydrogen) atoms. The first-order valence-electron chi connectivity index (χ1n) is 8.83. The first kappa shape index (κ1) is 16.4. The smallest absolute Gasteiger partial charge is 0.151 e. The van der Waals surface area contributed by atoms with Gasteiger partial charge in [0.05, 0.1) is 17.4 Å². The van der Waals surface area contributed by atoms with Crippen molar-refractivity contribution in [3.8, 4) is 11.3 Å². The molecule has 3 heterocycles. The molecule has 132 valence electrons. The molecule has 0 aliphatic carbocycles. The van der Waals surface area contributed by atoms with E-state index in [1.54, 1.807) is 12.1 Å². The lowest BCUT2D eigenvalue weighted by atomic mass is 9.82. The van der Waals surface area contributed by atoms with Gasteiger partial charge in [-0.15, -0.1) is 10.2 Å². The van der Waals surface area contributed by atoms with Gasteiger partial charge in [0, 0.05) is 25.3 Å². The Labute approximate surface area is 146 Å². The highest BCUT2D eigenvalue weighted by Gasteiger charge is 2.43. The molecule has 1 spiro atoms. The molecule has 2 aliphatic heterocycles. The molecule has 0 bridgehead atoms. The predicted molar refractivity (Wildman–Crippen MR) is 92.8 cm³/mol. The van der Waals surface area contributed by atoms with E-state index < -0.39 is 0 Å². The van der Waals surface area contributed by atoms with Crippen molar-refractivity contribution in [1.29, 1.82) is 0 Å². The molecule has 2 aromatic rings. The van der Waals surface area contributed by atoms with Crippen molar-refractivity contribution in [1.82, 2.24) is 10.2 Å². The molecular weight excluding hydrogens is 321 g/mol. The van der Waals surface area contributed by atoms with E-state index >= 15 is 0 Å². The second kappa shape index (κ2) is 6.69. The van der Waals surface area contributed by atoms with Crippen LogP contribution in [-0.2, 0) is 4.74 Å². The Hall–Kier alpha value is -2.05. The van der Waals surface area contributed by atoms with Crippen LogP contribution in [0.4, 0.5) is 10.2 Å². The van der Waals surface area contributed by atoms with Gasteiger partial charge in [0.1, 0.15) is 5.82 Å². The topological polar surface area (TPSA) is 58.5 Å². The zero-order chi connectivity index (χ0) is 17.3. The van der Waals surface area contributed by atoms with Crippen LogP contribution >= 0.6 is 0 Å². The molecule has 1 atom stereocenters. The number of hydrogen-bond acceptors (Lipinski definition) is 5. The van der Waals surface area contributed by atoms with Crippen LogP contribution in [-0.4, -0.2) is 46.7 Å². The van der Waals surface area contributed by atoms with Gasteiger partial charge in [-0.1, -0.05) is 0 Å². The molecule has 1 aromatic carbocycles. The maximum Gasteiger partial charge on any atom is 0.151 e. The average Bonchev–Trinajstić information content (AvgIpc) is 2.66. The van der Waals surface area contributed by atoms with Crippen molar-refractivity contribution in [2.75, 3.05) is 24.6 Å². The summed E-state index contributed by atoms with van der Waals surface area (Å²) in [6.45, 7) is 2.33. The van der Waals surface area contributed by atoms with E-state index in [-0.39, 0.29) is 17.5 Å². The number of rotatable bonds is 2. The summed E-state index contributed by atoms with van der Waals surface area (Å²) in [6, 6.07) is 10.1. The van der Waals surface area contributed by atoms with E-state index in [0.717, 1.165) is 62.5 Å². The van der Waals surface area contributed by atoms with Crippen LogP contribution < -0.4 is 4.90 Å². The quantitative estimate of drug-likeness (QED) is 0.909. The molecule has 2 saturated heterocycles. The SMILES string of the molecule is OC1CCCOC12CCN(c1ccc(-c3ccc(F)cc3)nn1)CC2. The van der Waals surface area contributed by atoms with Gasteiger partial charge in [-0.2, -0.15) is 0 Å². The highest BCUT2D eigenvalue weighted by atomic mass is 19.1. The van der Waals surface area contributed by atoms with Crippen molar-refractivity contribution in [2.24, 2.45) is 0 Å². The minimum Gasteiger partial charge on any atom is -0.390 e. The molecule has 5 nitrogen and oxygen atoms in total. The van der Waals surface area contributed by atoms with Crippen LogP contribution in [0.3, 0.4) is 0 Å². The first-order valence-corrected chi connectivity index (χ1v) is 8.83. The fourth-order valence-electron chi connectivity index (χ4n) is 3.77. The third-order valence-corrected chi connectivity index (χ3v) is 5.34. The Morgan fingerprint density at radius 3 is 2.48 bits per heavy atom. The van der Waals surface area contributed by atoms with Crippen molar-refractivity contribution >= 4 is 5.82 Å². The summed E-state index contributed by atoms with van der Waals surface area (Å²) in [7, 11) is 0. The zero-order valence-corrected chi connectivity index (χ0v) is 14.1. The van der Waals surface area contributed by atoms with Crippen LogP contribution in [0.2, 0.25) is 0 Å². The number of aliphatic hydroxyl groups is 1. The van der Waals surface area contributed by atoms with E-state index in [1.165, 1.54) is 12.1 Å². The van der Waals surface area contributed by atoms with Gasteiger partial charge in [0.2, 0.25) is 0 Å². The van der Waals surface area contributed by atoms with Crippen molar-refractivity contribution in [3.05, 3.63) is 42.2 Å². The monoisotopic (exact) mass is 343 g/mol. The number of nitrogens with zero attached hydrogens (tertiary/aromatic N) is 3. The van der Waals surface area contributed by atoms with Crippen LogP contribution in [0, 0.1) is 5.82 Å². The van der Waals surface area contributed by atoms with Crippen LogP contribution in [0.1, 0.15) is 25.7 Å². The summed E-state index contributed by atoms with van der Waals surface area (Å²) < 4.78 is 19.0. The summed E-state index contributed by atoms with van der Waals surface area (Å²) >= 11 is 0. The third-order valence-electron chi connectivity index (χ3n) is 5.34. The summed E-state index contributed by atoms with van der Waals surface area (Å²) in [6.07, 6.45) is 3.00. The Morgan fingerprint density at radius 1 is 1.08 bits per heavy atom. The van der Waals surface area contributed by atoms with E-state index in [1.807, 2.05) is 12.1 Å². The minimum absolute atomic E-state index is 0.261. The summed E-state index contributed by atoms with van der Waals surface area (Å²) in [4.78, 5) is 2.18. The molecule has 2 aliphatic rings. The molecule has 1 N–H and O–H groups in total. The highest BCUT2D eigenvalue weighted by molar-refractivity contribution is 5.59. The maximum absolute atomic E-state index is 13.0. The second-order valence-electron chi connectivity index (χ2n) is 6.84. The Morgan fingerprint density at radius 2 is 1.84 bits per heavy atom. The number of benzene rings is 1. The summed E-state index contributed by atoms with van der Waals surface area (Å²) in [5, 5.41) is 18.9. The number of anilines is 1. The fraction of sp³-hybridized carbons (Fsp3) is 0.474. The number of aliphatic hydroxyl groups excluding tert-OH is 1. The maximum atomic E-state index is 13.0. The number of aromatic nitrogens is 2. The second-order valence-corrected chi connectivity index (χ2v) is 6.84. The average molecular weight is 343 g/mol. The molecule has 6 heteroatoms. The molecule has 1 aromatic heterocycles. The summed E-state index contributed by atoms with van der Waals surface area (Å²) in [5.74, 6) is 0.564. The number of hydrogen-bond donors (Lipinski definition) is 1. The van der Waals surface area contributed by atoms with Gasteiger partial charge in [-0.05, 0) is 62.1 Å². The van der Waals surface area contributed by atoms with Gasteiger partial charge in [0.15, 0.2) is 5.82 Å². The minimum atomic E-state index is -0.379. The molecular formula is C19H22FN3O2. The Balaban J connectivity index is 1.44. The lowest BCUT2D eigenvalue weighted by molar-refractivity contribution is -0.164.